The van der Waals surface area contributed by atoms with Gasteiger partial charge in [0.1, 0.15) is 23.0 Å². The molecule has 1 N–H and O–H groups in total. The second-order valence-electron chi connectivity index (χ2n) is 5.31. The number of hydrogen-bond donors (Lipinski definition) is 1. The van der Waals surface area contributed by atoms with E-state index in [2.05, 4.69) is 9.88 Å². The predicted octanol–water partition coefficient (Wildman–Crippen LogP) is 1.09. The van der Waals surface area contributed by atoms with Crippen molar-refractivity contribution in [2.75, 3.05) is 19.6 Å². The molecule has 1 aliphatic heterocycles. The van der Waals surface area contributed by atoms with Crippen LogP contribution in [-0.2, 0) is 6.54 Å². The van der Waals surface area contributed by atoms with Crippen LogP contribution in [0, 0.1) is 6.92 Å². The third-order valence-corrected chi connectivity index (χ3v) is 3.92. The van der Waals surface area contributed by atoms with Gasteiger partial charge in [-0.3, -0.25) is 9.36 Å². The number of hydrogen-bond acceptors (Lipinski definition) is 5. The lowest BCUT2D eigenvalue weighted by atomic mass is 10.2. The van der Waals surface area contributed by atoms with Crippen molar-refractivity contribution in [1.29, 1.82) is 0 Å². The highest BCUT2D eigenvalue weighted by Gasteiger charge is 2.22. The van der Waals surface area contributed by atoms with Crippen molar-refractivity contribution in [3.05, 3.63) is 28.0 Å². The van der Waals surface area contributed by atoms with E-state index in [-0.39, 0.29) is 28.0 Å². The number of aryl methyl sites for hydroxylation is 1. The van der Waals surface area contributed by atoms with Gasteiger partial charge in [0.25, 0.3) is 5.56 Å². The largest absolute Gasteiger partial charge is 0.478 e. The fraction of sp³-hybridized carbons (Fsp3) is 0.500. The maximum Gasteiger partial charge on any atom is 0.340 e. The molecular formula is C14H17N3O4. The van der Waals surface area contributed by atoms with Crippen LogP contribution in [-0.4, -0.2) is 45.2 Å². The molecule has 1 aliphatic rings. The van der Waals surface area contributed by atoms with Crippen LogP contribution in [0.4, 0.5) is 0 Å². The lowest BCUT2D eigenvalue weighted by Crippen LogP contribution is -2.29. The van der Waals surface area contributed by atoms with E-state index in [0.29, 0.717) is 6.54 Å². The first-order chi connectivity index (χ1) is 10.1. The molecule has 0 aromatic carbocycles. The molecule has 0 bridgehead atoms. The van der Waals surface area contributed by atoms with Gasteiger partial charge in [0.05, 0.1) is 0 Å². The van der Waals surface area contributed by atoms with E-state index in [1.807, 2.05) is 0 Å². The van der Waals surface area contributed by atoms with Crippen LogP contribution in [0.25, 0.3) is 11.1 Å². The van der Waals surface area contributed by atoms with Crippen LogP contribution in [0.2, 0.25) is 0 Å². The summed E-state index contributed by atoms with van der Waals surface area (Å²) in [5.74, 6) is -0.957. The molecule has 2 aromatic rings. The van der Waals surface area contributed by atoms with E-state index in [1.165, 1.54) is 30.7 Å². The summed E-state index contributed by atoms with van der Waals surface area (Å²) < 4.78 is 6.72. The van der Waals surface area contributed by atoms with Gasteiger partial charge in [0, 0.05) is 13.1 Å². The second kappa shape index (κ2) is 5.33. The number of carbonyl (C=O) groups is 1. The van der Waals surface area contributed by atoms with Gasteiger partial charge in [-0.05, 0) is 32.9 Å². The Morgan fingerprint density at radius 3 is 2.76 bits per heavy atom. The van der Waals surface area contributed by atoms with Crippen molar-refractivity contribution in [2.45, 2.75) is 26.3 Å². The molecule has 1 fully saturated rings. The number of rotatable bonds is 4. The molecule has 0 amide bonds. The fourth-order valence-electron chi connectivity index (χ4n) is 2.81. The molecule has 112 valence electrons. The summed E-state index contributed by atoms with van der Waals surface area (Å²) in [5, 5.41) is 9.29. The minimum Gasteiger partial charge on any atom is -0.478 e. The van der Waals surface area contributed by atoms with Crippen LogP contribution in [0.15, 0.2) is 15.5 Å². The summed E-state index contributed by atoms with van der Waals surface area (Å²) in [5.41, 5.74) is -0.348. The summed E-state index contributed by atoms with van der Waals surface area (Å²) in [6.45, 7) is 4.90. The highest BCUT2D eigenvalue weighted by Crippen LogP contribution is 2.20. The van der Waals surface area contributed by atoms with E-state index >= 15 is 0 Å². The molecule has 21 heavy (non-hydrogen) atoms. The van der Waals surface area contributed by atoms with E-state index in [9.17, 15) is 14.7 Å². The van der Waals surface area contributed by atoms with Gasteiger partial charge < -0.3 is 14.4 Å². The summed E-state index contributed by atoms with van der Waals surface area (Å²) in [6, 6.07) is 0. The van der Waals surface area contributed by atoms with E-state index in [0.717, 1.165) is 19.6 Å². The Hall–Kier alpha value is -2.15. The van der Waals surface area contributed by atoms with Gasteiger partial charge >= 0.3 is 5.97 Å². The van der Waals surface area contributed by atoms with E-state index in [4.69, 9.17) is 4.42 Å². The number of aromatic nitrogens is 2. The highest BCUT2D eigenvalue weighted by atomic mass is 16.4. The van der Waals surface area contributed by atoms with Gasteiger partial charge in [0.2, 0.25) is 5.71 Å². The Balaban J connectivity index is 1.96. The standard InChI is InChI=1S/C14H17N3O4/c1-9-10(14(19)20)11-12(21-9)15-8-17(13(11)18)7-6-16-4-2-3-5-16/h8H,2-7H2,1H3,(H,19,20). The number of furan rings is 1. The van der Waals surface area contributed by atoms with E-state index in [1.54, 1.807) is 0 Å². The Kier molecular flexibility index (Phi) is 3.50. The van der Waals surface area contributed by atoms with Gasteiger partial charge in [-0.15, -0.1) is 0 Å². The van der Waals surface area contributed by atoms with Crippen molar-refractivity contribution in [3.8, 4) is 0 Å². The normalized spacial score (nSPS) is 15.9. The Bertz CT molecular complexity index is 740. The van der Waals surface area contributed by atoms with E-state index < -0.39 is 5.97 Å². The lowest BCUT2D eigenvalue weighted by Gasteiger charge is -2.14. The first-order valence-electron chi connectivity index (χ1n) is 7.02. The predicted molar refractivity (Wildman–Crippen MR) is 75.6 cm³/mol. The summed E-state index contributed by atoms with van der Waals surface area (Å²) >= 11 is 0. The van der Waals surface area contributed by atoms with Gasteiger partial charge in [-0.2, -0.15) is 0 Å². The van der Waals surface area contributed by atoms with Crippen molar-refractivity contribution < 1.29 is 14.3 Å². The van der Waals surface area contributed by atoms with Crippen molar-refractivity contribution in [2.24, 2.45) is 0 Å². The monoisotopic (exact) mass is 291 g/mol. The lowest BCUT2D eigenvalue weighted by molar-refractivity contribution is 0.0697. The molecule has 3 heterocycles. The molecule has 7 heteroatoms. The number of nitrogens with zero attached hydrogens (tertiary/aromatic N) is 3. The molecule has 2 aromatic heterocycles. The average molecular weight is 291 g/mol. The molecule has 3 rings (SSSR count). The Morgan fingerprint density at radius 2 is 2.10 bits per heavy atom. The topological polar surface area (TPSA) is 88.6 Å². The quantitative estimate of drug-likeness (QED) is 0.907. The minimum atomic E-state index is -1.16. The number of fused-ring (bicyclic) bond motifs is 1. The maximum atomic E-state index is 12.5. The minimum absolute atomic E-state index is 0.0592. The molecule has 0 unspecified atom stereocenters. The van der Waals surface area contributed by atoms with Crippen molar-refractivity contribution in [3.63, 3.8) is 0 Å². The highest BCUT2D eigenvalue weighted by molar-refractivity contribution is 6.02. The van der Waals surface area contributed by atoms with Crippen LogP contribution in [0.1, 0.15) is 29.0 Å². The molecule has 0 spiro atoms. The Morgan fingerprint density at radius 1 is 1.38 bits per heavy atom. The Labute approximate surface area is 120 Å². The fourth-order valence-corrected chi connectivity index (χ4v) is 2.81. The molecule has 0 atom stereocenters. The summed E-state index contributed by atoms with van der Waals surface area (Å²) in [7, 11) is 0. The van der Waals surface area contributed by atoms with Gasteiger partial charge in [-0.25, -0.2) is 9.78 Å². The maximum absolute atomic E-state index is 12.5. The third kappa shape index (κ3) is 2.44. The van der Waals surface area contributed by atoms with Crippen LogP contribution in [0.3, 0.4) is 0 Å². The zero-order chi connectivity index (χ0) is 15.0. The average Bonchev–Trinajstić information content (AvgIpc) is 3.04. The first-order valence-corrected chi connectivity index (χ1v) is 7.02. The number of carboxylic acids is 1. The van der Waals surface area contributed by atoms with Crippen LogP contribution >= 0.6 is 0 Å². The summed E-state index contributed by atoms with van der Waals surface area (Å²) in [6.07, 6.45) is 3.81. The van der Waals surface area contributed by atoms with Crippen LogP contribution in [0.5, 0.6) is 0 Å². The first kappa shape index (κ1) is 13.8. The second-order valence-corrected chi connectivity index (χ2v) is 5.31. The van der Waals surface area contributed by atoms with Crippen LogP contribution < -0.4 is 5.56 Å². The molecular weight excluding hydrogens is 274 g/mol. The third-order valence-electron chi connectivity index (χ3n) is 3.92. The number of likely N-dealkylation sites (tertiary alicyclic amines) is 1. The smallest absolute Gasteiger partial charge is 0.340 e. The number of carboxylic acid groups (broad SMARTS) is 1. The molecule has 0 aliphatic carbocycles. The molecule has 0 saturated carbocycles. The zero-order valence-corrected chi connectivity index (χ0v) is 11.8. The summed E-state index contributed by atoms with van der Waals surface area (Å²) in [4.78, 5) is 30.1. The SMILES string of the molecule is Cc1oc2ncn(CCN3CCCC3)c(=O)c2c1C(=O)O. The van der Waals surface area contributed by atoms with Crippen molar-refractivity contribution in [1.82, 2.24) is 14.5 Å². The molecule has 0 radical (unpaired) electrons. The molecule has 7 nitrogen and oxygen atoms in total. The number of aromatic carboxylic acids is 1. The van der Waals surface area contributed by atoms with Crippen molar-refractivity contribution >= 4 is 17.1 Å². The molecule has 1 saturated heterocycles. The van der Waals surface area contributed by atoms with Gasteiger partial charge in [0.15, 0.2) is 0 Å². The van der Waals surface area contributed by atoms with Gasteiger partial charge in [-0.1, -0.05) is 0 Å². The zero-order valence-electron chi connectivity index (χ0n) is 11.8.